The van der Waals surface area contributed by atoms with Crippen molar-refractivity contribution >= 4 is 33.9 Å². The number of amides is 1. The third kappa shape index (κ3) is 3.27. The van der Waals surface area contributed by atoms with E-state index in [-0.39, 0.29) is 5.69 Å². The molecule has 0 spiro atoms. The van der Waals surface area contributed by atoms with Gasteiger partial charge in [-0.3, -0.25) is 9.48 Å². The Labute approximate surface area is 169 Å². The normalized spacial score (nSPS) is 11.0. The van der Waals surface area contributed by atoms with E-state index in [1.165, 1.54) is 18.4 Å². The minimum absolute atomic E-state index is 0.188. The van der Waals surface area contributed by atoms with E-state index >= 15 is 0 Å². The van der Waals surface area contributed by atoms with E-state index < -0.39 is 11.9 Å². The number of aromatic nitrogens is 5. The van der Waals surface area contributed by atoms with Crippen molar-refractivity contribution in [2.75, 3.05) is 12.4 Å². The molecule has 0 radical (unpaired) electrons. The zero-order chi connectivity index (χ0) is 20.7. The number of nitrogens with zero attached hydrogens (tertiary/aromatic N) is 5. The molecule has 0 saturated heterocycles. The van der Waals surface area contributed by atoms with Crippen LogP contribution in [0.1, 0.15) is 31.4 Å². The molecule has 0 aromatic carbocycles. The number of aryl methyl sites for hydroxylation is 2. The number of rotatable bonds is 4. The third-order valence-electron chi connectivity index (χ3n) is 4.59. The number of anilines is 1. The summed E-state index contributed by atoms with van der Waals surface area (Å²) < 4.78 is 8.16. The Morgan fingerprint density at radius 2 is 2.03 bits per heavy atom. The molecule has 0 atom stereocenters. The summed E-state index contributed by atoms with van der Waals surface area (Å²) >= 11 is 1.30. The first-order valence-corrected chi connectivity index (χ1v) is 9.54. The Bertz CT molecular complexity index is 1250. The van der Waals surface area contributed by atoms with Crippen molar-refractivity contribution in [3.63, 3.8) is 0 Å². The van der Waals surface area contributed by atoms with E-state index in [1.807, 2.05) is 27.0 Å². The van der Waals surface area contributed by atoms with Crippen LogP contribution in [0.5, 0.6) is 0 Å². The van der Waals surface area contributed by atoms with Gasteiger partial charge in [-0.15, -0.1) is 11.3 Å². The van der Waals surface area contributed by atoms with Crippen molar-refractivity contribution in [2.45, 2.75) is 13.8 Å². The van der Waals surface area contributed by atoms with Crippen molar-refractivity contribution in [1.82, 2.24) is 24.4 Å². The Morgan fingerprint density at radius 3 is 2.72 bits per heavy atom. The molecule has 9 nitrogen and oxygen atoms in total. The fourth-order valence-electron chi connectivity index (χ4n) is 3.00. The number of carbonyl (C=O) groups excluding carboxylic acids is 2. The number of fused-ring (bicyclic) bond motifs is 1. The molecule has 0 saturated carbocycles. The summed E-state index contributed by atoms with van der Waals surface area (Å²) in [5.74, 6) is -0.938. The first kappa shape index (κ1) is 18.8. The summed E-state index contributed by atoms with van der Waals surface area (Å²) in [6.45, 7) is 3.81. The average molecular weight is 410 g/mol. The van der Waals surface area contributed by atoms with Crippen LogP contribution in [-0.2, 0) is 11.8 Å². The molecule has 0 aliphatic carbocycles. The van der Waals surface area contributed by atoms with Gasteiger partial charge in [0.25, 0.3) is 5.91 Å². The third-order valence-corrected chi connectivity index (χ3v) is 5.56. The lowest BCUT2D eigenvalue weighted by Gasteiger charge is -2.04. The summed E-state index contributed by atoms with van der Waals surface area (Å²) in [7, 11) is 3.16. The number of thiophene rings is 1. The first-order valence-electron chi connectivity index (χ1n) is 8.73. The second-order valence-corrected chi connectivity index (χ2v) is 7.70. The van der Waals surface area contributed by atoms with Gasteiger partial charge in [0.2, 0.25) is 0 Å². The van der Waals surface area contributed by atoms with Gasteiger partial charge in [-0.1, -0.05) is 0 Å². The van der Waals surface area contributed by atoms with Crippen molar-refractivity contribution in [3.05, 3.63) is 52.4 Å². The van der Waals surface area contributed by atoms with Crippen LogP contribution in [-0.4, -0.2) is 43.4 Å². The fourth-order valence-corrected chi connectivity index (χ4v) is 3.89. The number of hydrogen-bond acceptors (Lipinski definition) is 7. The average Bonchev–Trinajstić information content (AvgIpc) is 3.39. The molecule has 0 aliphatic heterocycles. The molecule has 10 heteroatoms. The summed E-state index contributed by atoms with van der Waals surface area (Å²) in [5.41, 5.74) is 3.69. The van der Waals surface area contributed by atoms with Gasteiger partial charge in [-0.05, 0) is 26.0 Å². The monoisotopic (exact) mass is 410 g/mol. The molecule has 148 valence electrons. The SMILES string of the molecule is COC(=O)c1cc(C)sc1NC(=O)c1cc2nccc(-c3cnn(C)c3C)n2n1. The van der Waals surface area contributed by atoms with Gasteiger partial charge in [0.15, 0.2) is 11.3 Å². The second-order valence-electron chi connectivity index (χ2n) is 6.44. The minimum Gasteiger partial charge on any atom is -0.465 e. The highest BCUT2D eigenvalue weighted by molar-refractivity contribution is 7.16. The summed E-state index contributed by atoms with van der Waals surface area (Å²) in [4.78, 5) is 29.9. The van der Waals surface area contributed by atoms with E-state index in [0.717, 1.165) is 21.8 Å². The van der Waals surface area contributed by atoms with Crippen LogP contribution in [0.2, 0.25) is 0 Å². The summed E-state index contributed by atoms with van der Waals surface area (Å²) in [5, 5.41) is 11.9. The van der Waals surface area contributed by atoms with Gasteiger partial charge in [-0.2, -0.15) is 10.2 Å². The van der Waals surface area contributed by atoms with Gasteiger partial charge in [0, 0.05) is 35.4 Å². The van der Waals surface area contributed by atoms with Crippen molar-refractivity contribution in [3.8, 4) is 11.3 Å². The second kappa shape index (κ2) is 7.13. The van der Waals surface area contributed by atoms with Crippen LogP contribution < -0.4 is 5.32 Å². The molecule has 4 aromatic heterocycles. The highest BCUT2D eigenvalue weighted by Gasteiger charge is 2.21. The molecule has 0 aliphatic rings. The largest absolute Gasteiger partial charge is 0.465 e. The molecule has 0 unspecified atom stereocenters. The molecule has 0 bridgehead atoms. The number of ether oxygens (including phenoxy) is 1. The molecule has 1 amide bonds. The maximum atomic E-state index is 12.8. The maximum Gasteiger partial charge on any atom is 0.340 e. The predicted molar refractivity (Wildman–Crippen MR) is 108 cm³/mol. The highest BCUT2D eigenvalue weighted by atomic mass is 32.1. The minimum atomic E-state index is -0.504. The Balaban J connectivity index is 1.71. The van der Waals surface area contributed by atoms with Gasteiger partial charge in [-0.25, -0.2) is 14.3 Å². The van der Waals surface area contributed by atoms with Crippen LogP contribution in [0.4, 0.5) is 5.00 Å². The number of hydrogen-bond donors (Lipinski definition) is 1. The Morgan fingerprint density at radius 1 is 1.24 bits per heavy atom. The quantitative estimate of drug-likeness (QED) is 0.519. The molecule has 4 rings (SSSR count). The van der Waals surface area contributed by atoms with Crippen molar-refractivity contribution in [2.24, 2.45) is 7.05 Å². The van der Waals surface area contributed by atoms with Crippen LogP contribution in [0.15, 0.2) is 30.6 Å². The summed E-state index contributed by atoms with van der Waals surface area (Å²) in [6.07, 6.45) is 3.42. The van der Waals surface area contributed by atoms with E-state index in [0.29, 0.717) is 16.2 Å². The predicted octanol–water partition coefficient (Wildman–Crippen LogP) is 2.85. The van der Waals surface area contributed by atoms with E-state index in [1.54, 1.807) is 33.7 Å². The summed E-state index contributed by atoms with van der Waals surface area (Å²) in [6, 6.07) is 5.10. The van der Waals surface area contributed by atoms with Crippen LogP contribution in [0.3, 0.4) is 0 Å². The maximum absolute atomic E-state index is 12.8. The number of nitrogens with one attached hydrogen (secondary N) is 1. The first-order chi connectivity index (χ1) is 13.9. The van der Waals surface area contributed by atoms with E-state index in [2.05, 4.69) is 20.5 Å². The molecule has 4 heterocycles. The van der Waals surface area contributed by atoms with Crippen LogP contribution in [0, 0.1) is 13.8 Å². The molecule has 4 aromatic rings. The lowest BCUT2D eigenvalue weighted by atomic mass is 10.2. The lowest BCUT2D eigenvalue weighted by molar-refractivity contribution is 0.0602. The molecule has 29 heavy (non-hydrogen) atoms. The molecular formula is C19H18N6O3S. The number of carbonyl (C=O) groups is 2. The number of methoxy groups -OCH3 is 1. The molecular weight excluding hydrogens is 392 g/mol. The van der Waals surface area contributed by atoms with Crippen LogP contribution in [0.25, 0.3) is 16.9 Å². The molecule has 1 N–H and O–H groups in total. The van der Waals surface area contributed by atoms with E-state index in [9.17, 15) is 9.59 Å². The van der Waals surface area contributed by atoms with E-state index in [4.69, 9.17) is 4.74 Å². The van der Waals surface area contributed by atoms with Crippen LogP contribution >= 0.6 is 11.3 Å². The Kier molecular flexibility index (Phi) is 4.63. The zero-order valence-electron chi connectivity index (χ0n) is 16.3. The van der Waals surface area contributed by atoms with Gasteiger partial charge in [0.1, 0.15) is 5.00 Å². The number of esters is 1. The zero-order valence-corrected chi connectivity index (χ0v) is 17.1. The van der Waals surface area contributed by atoms with Gasteiger partial charge >= 0.3 is 5.97 Å². The fraction of sp³-hybridized carbons (Fsp3) is 0.211. The highest BCUT2D eigenvalue weighted by Crippen LogP contribution is 2.29. The van der Waals surface area contributed by atoms with Crippen molar-refractivity contribution < 1.29 is 14.3 Å². The smallest absolute Gasteiger partial charge is 0.340 e. The van der Waals surface area contributed by atoms with Gasteiger partial charge in [0.05, 0.1) is 24.6 Å². The lowest BCUT2D eigenvalue weighted by Crippen LogP contribution is -2.14. The van der Waals surface area contributed by atoms with Crippen molar-refractivity contribution in [1.29, 1.82) is 0 Å². The Hall–Kier alpha value is -3.53. The van der Waals surface area contributed by atoms with Gasteiger partial charge < -0.3 is 10.1 Å². The standard InChI is InChI=1S/C19H18N6O3S/c1-10-7-12(19(27)28-4)18(29-10)22-17(26)14-8-16-20-6-5-15(25(16)23-14)13-9-21-24(3)11(13)2/h5-9H,1-4H3,(H,22,26). The topological polar surface area (TPSA) is 103 Å². The molecule has 0 fully saturated rings.